The first-order valence-electron chi connectivity index (χ1n) is 5.72. The van der Waals surface area contributed by atoms with Gasteiger partial charge >= 0.3 is 0 Å². The Bertz CT molecular complexity index is 427. The highest BCUT2D eigenvalue weighted by Crippen LogP contribution is 2.21. The van der Waals surface area contributed by atoms with E-state index in [-0.39, 0.29) is 11.9 Å². The lowest BCUT2D eigenvalue weighted by atomic mass is 10.1. The number of hydrogen-bond donors (Lipinski definition) is 0. The van der Waals surface area contributed by atoms with Gasteiger partial charge in [0.2, 0.25) is 0 Å². The molecular formula is C13H17ClINOS. The van der Waals surface area contributed by atoms with Gasteiger partial charge in [-0.3, -0.25) is 4.79 Å². The maximum atomic E-state index is 12.4. The normalized spacial score (nSPS) is 12.3. The summed E-state index contributed by atoms with van der Waals surface area (Å²) in [6, 6.07) is 5.69. The molecule has 0 radical (unpaired) electrons. The second kappa shape index (κ2) is 7.60. The molecular weight excluding hydrogens is 381 g/mol. The molecule has 5 heteroatoms. The quantitative estimate of drug-likeness (QED) is 0.695. The zero-order chi connectivity index (χ0) is 13.7. The Labute approximate surface area is 132 Å². The van der Waals surface area contributed by atoms with E-state index in [2.05, 4.69) is 35.8 Å². The van der Waals surface area contributed by atoms with E-state index in [0.717, 1.165) is 15.7 Å². The average molecular weight is 398 g/mol. The van der Waals surface area contributed by atoms with Crippen LogP contribution in [0.3, 0.4) is 0 Å². The largest absolute Gasteiger partial charge is 0.338 e. The summed E-state index contributed by atoms with van der Waals surface area (Å²) in [7, 11) is 1.86. The molecule has 0 N–H and O–H groups in total. The Morgan fingerprint density at radius 3 is 2.78 bits per heavy atom. The number of carbonyl (C=O) groups is 1. The van der Waals surface area contributed by atoms with E-state index in [0.29, 0.717) is 10.6 Å². The summed E-state index contributed by atoms with van der Waals surface area (Å²) in [5, 5.41) is 0.602. The predicted octanol–water partition coefficient (Wildman–Crippen LogP) is 4.16. The highest BCUT2D eigenvalue weighted by molar-refractivity contribution is 14.1. The van der Waals surface area contributed by atoms with E-state index < -0.39 is 0 Å². The van der Waals surface area contributed by atoms with Crippen LogP contribution in [-0.2, 0) is 0 Å². The van der Waals surface area contributed by atoms with Crippen molar-refractivity contribution in [2.45, 2.75) is 19.4 Å². The highest BCUT2D eigenvalue weighted by Gasteiger charge is 2.21. The van der Waals surface area contributed by atoms with Gasteiger partial charge in [-0.2, -0.15) is 11.8 Å². The van der Waals surface area contributed by atoms with Gasteiger partial charge in [0, 0.05) is 27.4 Å². The van der Waals surface area contributed by atoms with Crippen LogP contribution in [0, 0.1) is 3.57 Å². The Morgan fingerprint density at radius 1 is 1.56 bits per heavy atom. The lowest BCUT2D eigenvalue weighted by Crippen LogP contribution is -2.38. The molecule has 0 aromatic heterocycles. The molecule has 2 nitrogen and oxygen atoms in total. The molecule has 0 aliphatic rings. The van der Waals surface area contributed by atoms with E-state index in [1.54, 1.807) is 23.9 Å². The molecule has 1 unspecified atom stereocenters. The van der Waals surface area contributed by atoms with Crippen LogP contribution in [0.1, 0.15) is 23.7 Å². The second-order valence-corrected chi connectivity index (χ2v) is 6.57. The van der Waals surface area contributed by atoms with E-state index >= 15 is 0 Å². The van der Waals surface area contributed by atoms with Crippen LogP contribution in [0.2, 0.25) is 5.02 Å². The zero-order valence-corrected chi connectivity index (χ0v) is 14.5. The van der Waals surface area contributed by atoms with Gasteiger partial charge in [0.15, 0.2) is 0 Å². The Hall–Kier alpha value is 0.0600. The van der Waals surface area contributed by atoms with Gasteiger partial charge in [0.1, 0.15) is 0 Å². The summed E-state index contributed by atoms with van der Waals surface area (Å²) < 4.78 is 0.938. The fraction of sp³-hybridized carbons (Fsp3) is 0.462. The molecule has 0 fully saturated rings. The Balaban J connectivity index is 2.95. The van der Waals surface area contributed by atoms with Crippen LogP contribution in [0.5, 0.6) is 0 Å². The predicted molar refractivity (Wildman–Crippen MR) is 88.7 cm³/mol. The smallest absolute Gasteiger partial charge is 0.254 e. The van der Waals surface area contributed by atoms with E-state index in [1.807, 2.05) is 18.0 Å². The third-order valence-corrected chi connectivity index (χ3v) is 4.75. The van der Waals surface area contributed by atoms with Crippen molar-refractivity contribution in [3.63, 3.8) is 0 Å². The monoisotopic (exact) mass is 397 g/mol. The Morgan fingerprint density at radius 2 is 2.22 bits per heavy atom. The van der Waals surface area contributed by atoms with Crippen LogP contribution < -0.4 is 0 Å². The molecule has 0 bridgehead atoms. The first-order valence-corrected chi connectivity index (χ1v) is 8.57. The van der Waals surface area contributed by atoms with Crippen molar-refractivity contribution in [2.75, 3.05) is 19.1 Å². The molecule has 1 aromatic rings. The lowest BCUT2D eigenvalue weighted by Gasteiger charge is -2.27. The number of halogens is 2. The SMILES string of the molecule is CCC(CSC)N(C)C(=O)c1cc(Cl)ccc1I. The molecule has 0 saturated carbocycles. The average Bonchev–Trinajstić information content (AvgIpc) is 2.37. The van der Waals surface area contributed by atoms with Crippen molar-refractivity contribution in [2.24, 2.45) is 0 Å². The third-order valence-electron chi connectivity index (χ3n) is 2.86. The maximum absolute atomic E-state index is 12.4. The molecule has 1 atom stereocenters. The van der Waals surface area contributed by atoms with Crippen LogP contribution in [0.15, 0.2) is 18.2 Å². The molecule has 0 spiro atoms. The number of rotatable bonds is 5. The number of amides is 1. The second-order valence-electron chi connectivity index (χ2n) is 4.06. The molecule has 1 aromatic carbocycles. The summed E-state index contributed by atoms with van der Waals surface area (Å²) >= 11 is 9.89. The van der Waals surface area contributed by atoms with E-state index in [1.165, 1.54) is 0 Å². The van der Waals surface area contributed by atoms with Crippen LogP contribution in [0.4, 0.5) is 0 Å². The van der Waals surface area contributed by atoms with Gasteiger partial charge in [0.05, 0.1) is 5.56 Å². The van der Waals surface area contributed by atoms with Gasteiger partial charge in [-0.15, -0.1) is 0 Å². The highest BCUT2D eigenvalue weighted by atomic mass is 127. The number of carbonyl (C=O) groups excluding carboxylic acids is 1. The molecule has 0 heterocycles. The summed E-state index contributed by atoms with van der Waals surface area (Å²) in [6.45, 7) is 2.10. The van der Waals surface area contributed by atoms with Gasteiger partial charge < -0.3 is 4.90 Å². The minimum atomic E-state index is 0.0443. The fourth-order valence-electron chi connectivity index (χ4n) is 1.71. The first-order chi connectivity index (χ1) is 8.51. The van der Waals surface area contributed by atoms with Crippen molar-refractivity contribution >= 4 is 51.9 Å². The first kappa shape index (κ1) is 16.1. The third kappa shape index (κ3) is 4.03. The molecule has 1 rings (SSSR count). The van der Waals surface area contributed by atoms with Crippen molar-refractivity contribution in [3.8, 4) is 0 Å². The fourth-order valence-corrected chi connectivity index (χ4v) is 3.30. The van der Waals surface area contributed by atoms with Crippen molar-refractivity contribution in [3.05, 3.63) is 32.4 Å². The summed E-state index contributed by atoms with van der Waals surface area (Å²) in [5.41, 5.74) is 0.685. The molecule has 1 amide bonds. The lowest BCUT2D eigenvalue weighted by molar-refractivity contribution is 0.0742. The number of nitrogens with zero attached hydrogens (tertiary/aromatic N) is 1. The molecule has 0 aliphatic carbocycles. The van der Waals surface area contributed by atoms with Gasteiger partial charge in [0.25, 0.3) is 5.91 Å². The van der Waals surface area contributed by atoms with Crippen LogP contribution in [-0.4, -0.2) is 35.9 Å². The molecule has 0 aliphatic heterocycles. The maximum Gasteiger partial charge on any atom is 0.254 e. The van der Waals surface area contributed by atoms with E-state index in [9.17, 15) is 4.79 Å². The van der Waals surface area contributed by atoms with Gasteiger partial charge in [-0.05, 0) is 53.5 Å². The van der Waals surface area contributed by atoms with Crippen LogP contribution in [0.25, 0.3) is 0 Å². The Kier molecular flexibility index (Phi) is 6.81. The molecule has 100 valence electrons. The zero-order valence-electron chi connectivity index (χ0n) is 10.7. The summed E-state index contributed by atoms with van der Waals surface area (Å²) in [4.78, 5) is 14.3. The minimum absolute atomic E-state index is 0.0443. The van der Waals surface area contributed by atoms with Crippen LogP contribution >= 0.6 is 46.0 Å². The number of thioether (sulfide) groups is 1. The van der Waals surface area contributed by atoms with Crippen molar-refractivity contribution in [1.82, 2.24) is 4.90 Å². The van der Waals surface area contributed by atoms with Crippen molar-refractivity contribution < 1.29 is 4.79 Å². The number of benzene rings is 1. The standard InChI is InChI=1S/C13H17ClINOS/c1-4-10(8-18-3)16(2)13(17)11-7-9(14)5-6-12(11)15/h5-7,10H,4,8H2,1-3H3. The van der Waals surface area contributed by atoms with Gasteiger partial charge in [-0.25, -0.2) is 0 Å². The van der Waals surface area contributed by atoms with E-state index in [4.69, 9.17) is 11.6 Å². The summed E-state index contributed by atoms with van der Waals surface area (Å²) in [6.07, 6.45) is 3.02. The van der Waals surface area contributed by atoms with Crippen molar-refractivity contribution in [1.29, 1.82) is 0 Å². The topological polar surface area (TPSA) is 20.3 Å². The van der Waals surface area contributed by atoms with Gasteiger partial charge in [-0.1, -0.05) is 18.5 Å². The minimum Gasteiger partial charge on any atom is -0.338 e. The number of hydrogen-bond acceptors (Lipinski definition) is 2. The molecule has 0 saturated heterocycles. The molecule has 18 heavy (non-hydrogen) atoms. The summed E-state index contributed by atoms with van der Waals surface area (Å²) in [5.74, 6) is 0.999.